The molecule has 9 rings (SSSR count). The molecule has 0 saturated heterocycles. The van der Waals surface area contributed by atoms with Gasteiger partial charge in [0.15, 0.2) is 0 Å². The second-order valence-corrected chi connectivity index (χ2v) is 19.8. The molecule has 0 aliphatic carbocycles. The number of aliphatic carboxylic acids is 1. The van der Waals surface area contributed by atoms with Gasteiger partial charge in [-0.25, -0.2) is 37.5 Å². The fraction of sp³-hybridized carbons (Fsp3) is 0.245. The average Bonchev–Trinajstić information content (AvgIpc) is 4.03. The van der Waals surface area contributed by atoms with E-state index >= 15 is 0 Å². The third-order valence-electron chi connectivity index (χ3n) is 13.0. The van der Waals surface area contributed by atoms with Crippen molar-refractivity contribution in [3.63, 3.8) is 0 Å². The molecule has 0 bridgehead atoms. The minimum atomic E-state index is -4.22. The average molecular weight is 1010 g/mol. The summed E-state index contributed by atoms with van der Waals surface area (Å²) in [6.45, 7) is 4.88. The van der Waals surface area contributed by atoms with E-state index in [1.54, 1.807) is 92.1 Å². The first kappa shape index (κ1) is 49.5. The van der Waals surface area contributed by atoms with Gasteiger partial charge in [-0.2, -0.15) is 0 Å². The number of cyclic esters (lactones) is 1. The zero-order chi connectivity index (χ0) is 51.6. The maximum Gasteiger partial charge on any atom is 0.355 e. The molecular weight excluding hydrogens is 957 g/mol. The number of imidazole rings is 1. The van der Waals surface area contributed by atoms with Crippen LogP contribution in [-0.2, 0) is 63.8 Å². The van der Waals surface area contributed by atoms with E-state index in [0.717, 1.165) is 10.9 Å². The Kier molecular flexibility index (Phi) is 13.8. The van der Waals surface area contributed by atoms with Gasteiger partial charge in [-0.1, -0.05) is 93.6 Å². The highest BCUT2D eigenvalue weighted by atomic mass is 32.2. The number of sulfonamides is 1. The molecule has 2 aliphatic rings. The van der Waals surface area contributed by atoms with E-state index in [4.69, 9.17) is 14.5 Å². The summed E-state index contributed by atoms with van der Waals surface area (Å²) in [6, 6.07) is 27.6. The summed E-state index contributed by atoms with van der Waals surface area (Å²) in [4.78, 5) is 93.9. The SMILES string of the molecule is CC[C@@]1(OC(=O)[C@@H](NC(=O)[C@H](Cc2cnc[nH]2)NC(=O)Nc2cccc(-c3cccc(S(=O)(=O)NC(CC(=O)O)c4ccccc4)c3)c2)C(C)C)C(=O)OCc2c1cc1n(c2=O)Cc2cc3ccccc3nc2-1. The van der Waals surface area contributed by atoms with Crippen LogP contribution in [-0.4, -0.2) is 75.0 Å². The van der Waals surface area contributed by atoms with Gasteiger partial charge in [-0.05, 0) is 71.5 Å². The first-order valence-corrected chi connectivity index (χ1v) is 24.9. The van der Waals surface area contributed by atoms with E-state index in [-0.39, 0.29) is 47.7 Å². The number of H-pyrrole nitrogens is 1. The number of aromatic amines is 1. The molecule has 0 fully saturated rings. The largest absolute Gasteiger partial charge is 0.481 e. The van der Waals surface area contributed by atoms with Crippen LogP contribution >= 0.6 is 0 Å². The van der Waals surface area contributed by atoms with Crippen LogP contribution in [0.1, 0.15) is 67.6 Å². The molecule has 3 aromatic heterocycles. The number of benzene rings is 4. The number of hydrogen-bond acceptors (Lipinski definition) is 12. The highest BCUT2D eigenvalue weighted by Crippen LogP contribution is 2.41. The first-order chi connectivity index (χ1) is 35.0. The van der Waals surface area contributed by atoms with E-state index in [1.165, 1.54) is 30.7 Å². The fourth-order valence-corrected chi connectivity index (χ4v) is 10.5. The second kappa shape index (κ2) is 20.3. The number of ether oxygens (including phenoxy) is 2. The zero-order valence-electron chi connectivity index (χ0n) is 39.7. The maximum atomic E-state index is 14.4. The lowest BCUT2D eigenvalue weighted by molar-refractivity contribution is -0.191. The molecule has 5 heterocycles. The molecule has 20 heteroatoms. The Bertz CT molecular complexity index is 3470. The van der Waals surface area contributed by atoms with E-state index in [2.05, 4.69) is 30.6 Å². The van der Waals surface area contributed by atoms with Crippen molar-refractivity contribution in [3.8, 4) is 22.5 Å². The van der Waals surface area contributed by atoms with Gasteiger partial charge in [-0.15, -0.1) is 0 Å². The molecule has 7 aromatic rings. The Labute approximate surface area is 418 Å². The molecule has 1 unspecified atom stereocenters. The Morgan fingerprint density at radius 1 is 0.904 bits per heavy atom. The molecule has 0 spiro atoms. The van der Waals surface area contributed by atoms with E-state index in [0.29, 0.717) is 39.3 Å². The lowest BCUT2D eigenvalue weighted by Crippen LogP contribution is -2.56. The number of aromatic nitrogens is 4. The minimum absolute atomic E-state index is 0.0928. The lowest BCUT2D eigenvalue weighted by atomic mass is 9.85. The van der Waals surface area contributed by atoms with Gasteiger partial charge in [0.2, 0.25) is 21.5 Å². The van der Waals surface area contributed by atoms with E-state index < -0.39 is 81.5 Å². The number of fused-ring (bicyclic) bond motifs is 5. The molecule has 374 valence electrons. The standard InChI is InChI=1S/C53H50N8O11S/c1-4-53(40-24-44-47-35(20-34-14-8-9-19-41(34)57-47)27-61(44)49(65)39(40)28-71-51(53)67)72-50(66)46(30(2)3)59-48(64)43(23-37-26-54-29-55-37)58-52(68)56-36-17-10-15-32(21-36)33-16-11-18-38(22-33)73(69,70)60-42(25-45(62)63)31-12-6-5-7-13-31/h5-22,24,26,29-30,42-43,46,60H,4,23,25,27-28H2,1-3H3,(H,54,55)(H,59,64)(H,62,63)(H2,56,58,68)/t42?,43-,46-,53-/m0/s1. The van der Waals surface area contributed by atoms with Gasteiger partial charge in [0, 0.05) is 40.5 Å². The molecule has 73 heavy (non-hydrogen) atoms. The quantitative estimate of drug-likeness (QED) is 0.0565. The normalized spacial score (nSPS) is 16.0. The topological polar surface area (TPSA) is 270 Å². The number of amides is 3. The molecule has 19 nitrogen and oxygen atoms in total. The van der Waals surface area contributed by atoms with Crippen molar-refractivity contribution in [2.75, 3.05) is 5.32 Å². The van der Waals surface area contributed by atoms with Crippen molar-refractivity contribution in [2.45, 2.75) is 81.8 Å². The maximum absolute atomic E-state index is 14.4. The number of esters is 2. The van der Waals surface area contributed by atoms with E-state index in [1.807, 2.05) is 30.3 Å². The van der Waals surface area contributed by atoms with Crippen LogP contribution in [0.25, 0.3) is 33.4 Å². The predicted octanol–water partition coefficient (Wildman–Crippen LogP) is 6.09. The van der Waals surface area contributed by atoms with Gasteiger partial charge in [-0.3, -0.25) is 14.4 Å². The summed E-state index contributed by atoms with van der Waals surface area (Å²) in [5, 5.41) is 18.6. The van der Waals surface area contributed by atoms with Gasteiger partial charge >= 0.3 is 23.9 Å². The number of carbonyl (C=O) groups is 5. The van der Waals surface area contributed by atoms with Crippen LogP contribution in [0.2, 0.25) is 0 Å². The number of carboxylic acids is 1. The van der Waals surface area contributed by atoms with Crippen LogP contribution in [0.4, 0.5) is 10.5 Å². The van der Waals surface area contributed by atoms with Crippen molar-refractivity contribution >= 4 is 56.5 Å². The Balaban J connectivity index is 0.922. The number of urea groups is 1. The molecule has 0 saturated carbocycles. The van der Waals surface area contributed by atoms with Gasteiger partial charge in [0.1, 0.15) is 18.7 Å². The summed E-state index contributed by atoms with van der Waals surface area (Å²) in [5.74, 6) is -4.43. The number of hydrogen-bond donors (Lipinski definition) is 6. The van der Waals surface area contributed by atoms with Crippen molar-refractivity contribution in [1.82, 2.24) is 34.9 Å². The Morgan fingerprint density at radius 3 is 2.37 bits per heavy atom. The number of nitrogens with one attached hydrogen (secondary N) is 5. The highest BCUT2D eigenvalue weighted by Gasteiger charge is 2.51. The summed E-state index contributed by atoms with van der Waals surface area (Å²) in [5.41, 5.74) is 2.63. The number of para-hydroxylation sites is 1. The third-order valence-corrected chi connectivity index (χ3v) is 14.4. The third kappa shape index (κ3) is 10.2. The van der Waals surface area contributed by atoms with Gasteiger partial charge in [0.05, 0.1) is 52.7 Å². The Hall–Kier alpha value is -8.49. The molecule has 6 N–H and O–H groups in total. The molecule has 2 aliphatic heterocycles. The van der Waals surface area contributed by atoms with Crippen LogP contribution in [0.15, 0.2) is 137 Å². The van der Waals surface area contributed by atoms with Crippen molar-refractivity contribution in [1.29, 1.82) is 0 Å². The summed E-state index contributed by atoms with van der Waals surface area (Å²) in [6.07, 6.45) is 2.19. The van der Waals surface area contributed by atoms with Crippen molar-refractivity contribution in [2.24, 2.45) is 5.92 Å². The predicted molar refractivity (Wildman–Crippen MR) is 267 cm³/mol. The van der Waals surface area contributed by atoms with Gasteiger partial charge < -0.3 is 40.1 Å². The molecule has 4 atom stereocenters. The number of carboxylic acid groups (broad SMARTS) is 1. The number of carbonyl (C=O) groups excluding carboxylic acids is 4. The van der Waals surface area contributed by atoms with Crippen LogP contribution in [0.5, 0.6) is 0 Å². The molecule has 4 aromatic carbocycles. The van der Waals surface area contributed by atoms with Crippen molar-refractivity contribution < 1.29 is 47.0 Å². The monoisotopic (exact) mass is 1010 g/mol. The van der Waals surface area contributed by atoms with Crippen LogP contribution in [0, 0.1) is 5.92 Å². The molecule has 0 radical (unpaired) electrons. The minimum Gasteiger partial charge on any atom is -0.481 e. The molecule has 3 amide bonds. The fourth-order valence-electron chi connectivity index (χ4n) is 9.18. The zero-order valence-corrected chi connectivity index (χ0v) is 40.6. The first-order valence-electron chi connectivity index (χ1n) is 23.4. The summed E-state index contributed by atoms with van der Waals surface area (Å²) in [7, 11) is -4.22. The summed E-state index contributed by atoms with van der Waals surface area (Å²) < 4.78 is 43.0. The molecular formula is C53H50N8O11S. The second-order valence-electron chi connectivity index (χ2n) is 18.1. The number of anilines is 1. The number of pyridine rings is 2. The Morgan fingerprint density at radius 2 is 1.64 bits per heavy atom. The van der Waals surface area contributed by atoms with E-state index in [9.17, 15) is 42.3 Å². The van der Waals surface area contributed by atoms with Crippen LogP contribution in [0.3, 0.4) is 0 Å². The number of rotatable bonds is 17. The summed E-state index contributed by atoms with van der Waals surface area (Å²) >= 11 is 0. The van der Waals surface area contributed by atoms with Crippen molar-refractivity contribution in [3.05, 3.63) is 166 Å². The smallest absolute Gasteiger partial charge is 0.355 e. The highest BCUT2D eigenvalue weighted by molar-refractivity contribution is 7.89. The van der Waals surface area contributed by atoms with Gasteiger partial charge in [0.25, 0.3) is 5.56 Å². The lowest BCUT2D eigenvalue weighted by Gasteiger charge is -2.37. The van der Waals surface area contributed by atoms with Crippen LogP contribution < -0.4 is 26.2 Å². The number of nitrogens with zero attached hydrogens (tertiary/aromatic N) is 3.